The molecule has 6 nitrogen and oxygen atoms in total. The first-order chi connectivity index (χ1) is 9.75. The average Bonchev–Trinajstić information content (AvgIpc) is 2.65. The van der Waals surface area contributed by atoms with Crippen LogP contribution < -0.4 is 5.43 Å². The molecule has 0 aromatic carbocycles. The molecule has 0 aliphatic carbocycles. The summed E-state index contributed by atoms with van der Waals surface area (Å²) in [6.45, 7) is 0.717. The topological polar surface area (TPSA) is 74.7 Å². The molecule has 0 bridgehead atoms. The van der Waals surface area contributed by atoms with Crippen molar-refractivity contribution in [2.75, 3.05) is 13.1 Å². The molecule has 1 N–H and O–H groups in total. The van der Waals surface area contributed by atoms with E-state index in [1.165, 1.54) is 6.21 Å². The van der Waals surface area contributed by atoms with Crippen molar-refractivity contribution >= 4 is 18.0 Å². The van der Waals surface area contributed by atoms with E-state index in [0.717, 1.165) is 19.3 Å². The second kappa shape index (κ2) is 7.37. The minimum atomic E-state index is -0.285. The van der Waals surface area contributed by atoms with Crippen LogP contribution in [-0.2, 0) is 9.59 Å². The van der Waals surface area contributed by atoms with Crippen molar-refractivity contribution in [1.82, 2.24) is 15.3 Å². The van der Waals surface area contributed by atoms with Gasteiger partial charge >= 0.3 is 0 Å². The van der Waals surface area contributed by atoms with Gasteiger partial charge in [0, 0.05) is 19.2 Å². The SMILES string of the molecule is O=C(CN1CCCCCC1=O)N/N=C\c1ccccn1. The number of aromatic nitrogens is 1. The van der Waals surface area contributed by atoms with E-state index >= 15 is 0 Å². The van der Waals surface area contributed by atoms with Gasteiger partial charge in [-0.05, 0) is 25.0 Å². The van der Waals surface area contributed by atoms with Gasteiger partial charge in [0.05, 0.1) is 11.9 Å². The Labute approximate surface area is 117 Å². The van der Waals surface area contributed by atoms with Gasteiger partial charge in [-0.2, -0.15) is 5.10 Å². The van der Waals surface area contributed by atoms with Crippen LogP contribution in [0.4, 0.5) is 0 Å². The van der Waals surface area contributed by atoms with Gasteiger partial charge in [-0.3, -0.25) is 14.6 Å². The van der Waals surface area contributed by atoms with Gasteiger partial charge < -0.3 is 4.90 Å². The maximum atomic E-state index is 11.7. The van der Waals surface area contributed by atoms with Gasteiger partial charge in [-0.15, -0.1) is 0 Å². The van der Waals surface area contributed by atoms with Crippen LogP contribution in [0.25, 0.3) is 0 Å². The number of carbonyl (C=O) groups excluding carboxylic acids is 2. The smallest absolute Gasteiger partial charge is 0.259 e. The molecule has 6 heteroatoms. The van der Waals surface area contributed by atoms with Crippen molar-refractivity contribution in [2.45, 2.75) is 25.7 Å². The molecule has 0 spiro atoms. The molecule has 1 aromatic rings. The Kier molecular flexibility index (Phi) is 5.23. The van der Waals surface area contributed by atoms with Crippen LogP contribution in [0, 0.1) is 0 Å². The zero-order valence-corrected chi connectivity index (χ0v) is 11.3. The summed E-state index contributed by atoms with van der Waals surface area (Å²) in [5, 5.41) is 3.83. The summed E-state index contributed by atoms with van der Waals surface area (Å²) < 4.78 is 0. The summed E-state index contributed by atoms with van der Waals surface area (Å²) in [7, 11) is 0. The minimum absolute atomic E-state index is 0.0476. The van der Waals surface area contributed by atoms with E-state index in [0.29, 0.717) is 18.7 Å². The Balaban J connectivity index is 1.80. The van der Waals surface area contributed by atoms with E-state index in [2.05, 4.69) is 15.5 Å². The summed E-state index contributed by atoms with van der Waals surface area (Å²) in [6, 6.07) is 5.43. The Morgan fingerprint density at radius 3 is 3.10 bits per heavy atom. The van der Waals surface area contributed by atoms with Crippen LogP contribution in [0.5, 0.6) is 0 Å². The highest BCUT2D eigenvalue weighted by molar-refractivity contribution is 5.86. The lowest BCUT2D eigenvalue weighted by Crippen LogP contribution is -2.39. The summed E-state index contributed by atoms with van der Waals surface area (Å²) in [4.78, 5) is 29.1. The molecule has 2 amide bonds. The average molecular weight is 274 g/mol. The lowest BCUT2D eigenvalue weighted by atomic mass is 10.2. The van der Waals surface area contributed by atoms with Crippen molar-refractivity contribution in [1.29, 1.82) is 0 Å². The van der Waals surface area contributed by atoms with E-state index in [-0.39, 0.29) is 18.4 Å². The number of hydrogen-bond acceptors (Lipinski definition) is 4. The van der Waals surface area contributed by atoms with Crippen molar-refractivity contribution in [3.8, 4) is 0 Å². The molecule has 2 heterocycles. The zero-order valence-electron chi connectivity index (χ0n) is 11.3. The minimum Gasteiger partial charge on any atom is -0.333 e. The molecule has 106 valence electrons. The molecule has 0 radical (unpaired) electrons. The predicted octanol–water partition coefficient (Wildman–Crippen LogP) is 0.934. The van der Waals surface area contributed by atoms with E-state index in [9.17, 15) is 9.59 Å². The lowest BCUT2D eigenvalue weighted by Gasteiger charge is -2.18. The number of amides is 2. The van der Waals surface area contributed by atoms with Gasteiger partial charge in [0.25, 0.3) is 5.91 Å². The first kappa shape index (κ1) is 14.2. The molecule has 2 rings (SSSR count). The summed E-state index contributed by atoms with van der Waals surface area (Å²) in [5.41, 5.74) is 3.08. The number of hydrogen-bond donors (Lipinski definition) is 1. The molecule has 20 heavy (non-hydrogen) atoms. The van der Waals surface area contributed by atoms with E-state index < -0.39 is 0 Å². The van der Waals surface area contributed by atoms with Gasteiger partial charge in [0.1, 0.15) is 6.54 Å². The normalized spacial score (nSPS) is 16.2. The number of pyridine rings is 1. The van der Waals surface area contributed by atoms with E-state index in [1.807, 2.05) is 6.07 Å². The molecule has 1 aliphatic rings. The van der Waals surface area contributed by atoms with Gasteiger partial charge in [-0.25, -0.2) is 5.43 Å². The Bertz CT molecular complexity index is 487. The molecule has 0 saturated carbocycles. The Hall–Kier alpha value is -2.24. The number of rotatable bonds is 4. The number of carbonyl (C=O) groups is 2. The van der Waals surface area contributed by atoms with Crippen LogP contribution in [0.3, 0.4) is 0 Å². The molecule has 1 aliphatic heterocycles. The number of nitrogens with zero attached hydrogens (tertiary/aromatic N) is 3. The molecule has 1 saturated heterocycles. The summed E-state index contributed by atoms with van der Waals surface area (Å²) in [5.74, 6) is -0.237. The molecule has 0 atom stereocenters. The number of nitrogens with one attached hydrogen (secondary N) is 1. The van der Waals surface area contributed by atoms with Gasteiger partial charge in [0.2, 0.25) is 5.91 Å². The van der Waals surface area contributed by atoms with Crippen LogP contribution in [-0.4, -0.2) is 41.0 Å². The largest absolute Gasteiger partial charge is 0.333 e. The van der Waals surface area contributed by atoms with Crippen LogP contribution in [0.2, 0.25) is 0 Å². The van der Waals surface area contributed by atoms with Crippen molar-refractivity contribution in [2.24, 2.45) is 5.10 Å². The summed E-state index contributed by atoms with van der Waals surface area (Å²) >= 11 is 0. The Morgan fingerprint density at radius 2 is 2.30 bits per heavy atom. The van der Waals surface area contributed by atoms with Gasteiger partial charge in [-0.1, -0.05) is 12.5 Å². The molecular formula is C14H18N4O2. The molecule has 0 unspecified atom stereocenters. The Morgan fingerprint density at radius 1 is 1.40 bits per heavy atom. The van der Waals surface area contributed by atoms with Crippen molar-refractivity contribution in [3.05, 3.63) is 30.1 Å². The molecule has 1 fully saturated rings. The van der Waals surface area contributed by atoms with Crippen LogP contribution in [0.1, 0.15) is 31.4 Å². The van der Waals surface area contributed by atoms with Gasteiger partial charge in [0.15, 0.2) is 0 Å². The van der Waals surface area contributed by atoms with Crippen molar-refractivity contribution < 1.29 is 9.59 Å². The van der Waals surface area contributed by atoms with Crippen LogP contribution in [0.15, 0.2) is 29.5 Å². The fourth-order valence-electron chi connectivity index (χ4n) is 2.04. The highest BCUT2D eigenvalue weighted by atomic mass is 16.2. The monoisotopic (exact) mass is 274 g/mol. The molecule has 1 aromatic heterocycles. The van der Waals surface area contributed by atoms with Crippen LogP contribution >= 0.6 is 0 Å². The third kappa shape index (κ3) is 4.46. The highest BCUT2D eigenvalue weighted by Gasteiger charge is 2.18. The fraction of sp³-hybridized carbons (Fsp3) is 0.429. The quantitative estimate of drug-likeness (QED) is 0.655. The second-order valence-corrected chi connectivity index (χ2v) is 4.67. The zero-order chi connectivity index (χ0) is 14.2. The molecular weight excluding hydrogens is 256 g/mol. The fourth-order valence-corrected chi connectivity index (χ4v) is 2.04. The second-order valence-electron chi connectivity index (χ2n) is 4.67. The maximum Gasteiger partial charge on any atom is 0.259 e. The first-order valence-electron chi connectivity index (χ1n) is 6.76. The highest BCUT2D eigenvalue weighted by Crippen LogP contribution is 2.10. The third-order valence-corrected chi connectivity index (χ3v) is 3.08. The lowest BCUT2D eigenvalue weighted by molar-refractivity contribution is -0.135. The summed E-state index contributed by atoms with van der Waals surface area (Å²) in [6.07, 6.45) is 6.57. The van der Waals surface area contributed by atoms with E-state index in [4.69, 9.17) is 0 Å². The number of hydrazone groups is 1. The third-order valence-electron chi connectivity index (χ3n) is 3.08. The first-order valence-corrected chi connectivity index (χ1v) is 6.76. The van der Waals surface area contributed by atoms with Crippen molar-refractivity contribution in [3.63, 3.8) is 0 Å². The number of likely N-dealkylation sites (tertiary alicyclic amines) is 1. The maximum absolute atomic E-state index is 11.7. The predicted molar refractivity (Wildman–Crippen MR) is 75.0 cm³/mol. The van der Waals surface area contributed by atoms with E-state index in [1.54, 1.807) is 23.2 Å². The standard InChI is InChI=1S/C14H18N4O2/c19-13(11-18-9-5-1-2-7-14(18)20)17-16-10-12-6-3-4-8-15-12/h3-4,6,8,10H,1-2,5,7,9,11H2,(H,17,19)/b16-10-.